The van der Waals surface area contributed by atoms with E-state index in [4.69, 9.17) is 9.72 Å². The number of halogens is 1. The Kier molecular flexibility index (Phi) is 3.22. The largest absolute Gasteiger partial charge is 0.374 e. The standard InChI is InChI=1S/C15H19BrN2O2/c16-12-13(8-3-1-2-4-8)17-14(18-15(12)19)10-7-9-5-6-11(10)20-9/h8-11H,1-7H2,(H,17,18,19). The van der Waals surface area contributed by atoms with Gasteiger partial charge < -0.3 is 9.72 Å². The average molecular weight is 339 g/mol. The highest BCUT2D eigenvalue weighted by Crippen LogP contribution is 2.44. The lowest BCUT2D eigenvalue weighted by Crippen LogP contribution is -2.23. The molecular formula is C15H19BrN2O2. The predicted molar refractivity (Wildman–Crippen MR) is 79.0 cm³/mol. The van der Waals surface area contributed by atoms with E-state index in [0.29, 0.717) is 16.5 Å². The fourth-order valence-corrected chi connectivity index (χ4v) is 4.58. The summed E-state index contributed by atoms with van der Waals surface area (Å²) in [5.74, 6) is 1.59. The molecule has 3 fully saturated rings. The minimum atomic E-state index is -0.0281. The van der Waals surface area contributed by atoms with E-state index < -0.39 is 0 Å². The highest BCUT2D eigenvalue weighted by atomic mass is 79.9. The predicted octanol–water partition coefficient (Wildman–Crippen LogP) is 3.22. The Hall–Kier alpha value is -0.680. The molecule has 1 N–H and O–H groups in total. The molecule has 3 atom stereocenters. The molecule has 2 aliphatic heterocycles. The smallest absolute Gasteiger partial charge is 0.265 e. The summed E-state index contributed by atoms with van der Waals surface area (Å²) in [4.78, 5) is 20.0. The van der Waals surface area contributed by atoms with Crippen LogP contribution in [-0.2, 0) is 4.74 Å². The van der Waals surface area contributed by atoms with Gasteiger partial charge in [0.2, 0.25) is 0 Å². The van der Waals surface area contributed by atoms with Gasteiger partial charge in [0, 0.05) is 11.8 Å². The van der Waals surface area contributed by atoms with Gasteiger partial charge in [-0.1, -0.05) is 12.8 Å². The lowest BCUT2D eigenvalue weighted by Gasteiger charge is -2.19. The molecule has 0 aromatic carbocycles. The van der Waals surface area contributed by atoms with E-state index in [9.17, 15) is 4.79 Å². The Morgan fingerprint density at radius 2 is 2.00 bits per heavy atom. The Morgan fingerprint density at radius 1 is 1.20 bits per heavy atom. The molecule has 4 rings (SSSR count). The lowest BCUT2D eigenvalue weighted by molar-refractivity contribution is 0.0998. The zero-order valence-electron chi connectivity index (χ0n) is 11.4. The van der Waals surface area contributed by atoms with Crippen LogP contribution >= 0.6 is 15.9 Å². The van der Waals surface area contributed by atoms with Gasteiger partial charge in [0.25, 0.3) is 5.56 Å². The normalized spacial score (nSPS) is 33.1. The number of aromatic amines is 1. The first-order valence-electron chi connectivity index (χ1n) is 7.67. The van der Waals surface area contributed by atoms with Crippen molar-refractivity contribution in [1.82, 2.24) is 9.97 Å². The first-order valence-corrected chi connectivity index (χ1v) is 8.46. The topological polar surface area (TPSA) is 55.0 Å². The Labute approximate surface area is 126 Å². The molecule has 108 valence electrons. The summed E-state index contributed by atoms with van der Waals surface area (Å²) in [6.45, 7) is 0. The van der Waals surface area contributed by atoms with Gasteiger partial charge in [0.15, 0.2) is 0 Å². The molecule has 3 unspecified atom stereocenters. The Morgan fingerprint density at radius 3 is 2.65 bits per heavy atom. The summed E-state index contributed by atoms with van der Waals surface area (Å²) in [6.07, 6.45) is 8.74. The molecule has 3 aliphatic rings. The van der Waals surface area contributed by atoms with Gasteiger partial charge >= 0.3 is 0 Å². The number of nitrogens with one attached hydrogen (secondary N) is 1. The maximum Gasteiger partial charge on any atom is 0.265 e. The second-order valence-corrected chi connectivity index (χ2v) is 7.14. The van der Waals surface area contributed by atoms with Crippen LogP contribution in [0, 0.1) is 0 Å². The van der Waals surface area contributed by atoms with Crippen LogP contribution in [0.2, 0.25) is 0 Å². The van der Waals surface area contributed by atoms with Crippen LogP contribution in [0.5, 0.6) is 0 Å². The minimum absolute atomic E-state index is 0.0281. The van der Waals surface area contributed by atoms with Crippen LogP contribution < -0.4 is 5.56 Å². The summed E-state index contributed by atoms with van der Waals surface area (Å²) in [5, 5.41) is 0. The number of fused-ring (bicyclic) bond motifs is 2. The van der Waals surface area contributed by atoms with Crippen molar-refractivity contribution in [3.05, 3.63) is 26.3 Å². The zero-order valence-corrected chi connectivity index (χ0v) is 13.0. The zero-order chi connectivity index (χ0) is 13.7. The van der Waals surface area contributed by atoms with E-state index in [1.54, 1.807) is 0 Å². The van der Waals surface area contributed by atoms with Crippen LogP contribution in [0.4, 0.5) is 0 Å². The number of aromatic nitrogens is 2. The van der Waals surface area contributed by atoms with Crippen molar-refractivity contribution < 1.29 is 4.74 Å². The van der Waals surface area contributed by atoms with Gasteiger partial charge in [-0.2, -0.15) is 0 Å². The number of hydrogen-bond donors (Lipinski definition) is 1. The van der Waals surface area contributed by atoms with Crippen LogP contribution in [0.15, 0.2) is 9.27 Å². The summed E-state index contributed by atoms with van der Waals surface area (Å²) in [7, 11) is 0. The maximum atomic E-state index is 12.2. The minimum Gasteiger partial charge on any atom is -0.374 e. The molecule has 1 saturated carbocycles. The number of H-pyrrole nitrogens is 1. The molecule has 1 aliphatic carbocycles. The van der Waals surface area contributed by atoms with Gasteiger partial charge in [-0.05, 0) is 48.0 Å². The molecule has 0 amide bonds. The third kappa shape index (κ3) is 2.06. The van der Waals surface area contributed by atoms with E-state index in [2.05, 4.69) is 20.9 Å². The monoisotopic (exact) mass is 338 g/mol. The van der Waals surface area contributed by atoms with Gasteiger partial charge in [-0.25, -0.2) is 4.98 Å². The molecule has 1 aromatic rings. The van der Waals surface area contributed by atoms with E-state index in [1.165, 1.54) is 12.8 Å². The van der Waals surface area contributed by atoms with Gasteiger partial charge in [-0.15, -0.1) is 0 Å². The highest BCUT2D eigenvalue weighted by molar-refractivity contribution is 9.10. The summed E-state index contributed by atoms with van der Waals surface area (Å²) < 4.78 is 6.54. The van der Waals surface area contributed by atoms with Gasteiger partial charge in [-0.3, -0.25) is 4.79 Å². The maximum absolute atomic E-state index is 12.2. The third-order valence-electron chi connectivity index (χ3n) is 5.11. The van der Waals surface area contributed by atoms with Crippen molar-refractivity contribution in [2.24, 2.45) is 0 Å². The van der Waals surface area contributed by atoms with E-state index in [-0.39, 0.29) is 17.6 Å². The summed E-state index contributed by atoms with van der Waals surface area (Å²) >= 11 is 3.44. The van der Waals surface area contributed by atoms with Crippen molar-refractivity contribution in [3.8, 4) is 0 Å². The molecule has 2 saturated heterocycles. The van der Waals surface area contributed by atoms with Crippen molar-refractivity contribution in [2.75, 3.05) is 0 Å². The van der Waals surface area contributed by atoms with E-state index in [0.717, 1.165) is 43.6 Å². The molecule has 0 radical (unpaired) electrons. The van der Waals surface area contributed by atoms with Crippen LogP contribution in [0.1, 0.15) is 68.3 Å². The van der Waals surface area contributed by atoms with Crippen LogP contribution in [0.25, 0.3) is 0 Å². The first-order chi connectivity index (χ1) is 9.72. The fourth-order valence-electron chi connectivity index (χ4n) is 4.07. The number of rotatable bonds is 2. The van der Waals surface area contributed by atoms with E-state index in [1.807, 2.05) is 0 Å². The molecular weight excluding hydrogens is 320 g/mol. The van der Waals surface area contributed by atoms with Crippen LogP contribution in [0.3, 0.4) is 0 Å². The molecule has 0 spiro atoms. The number of hydrogen-bond acceptors (Lipinski definition) is 3. The van der Waals surface area contributed by atoms with Crippen molar-refractivity contribution in [3.63, 3.8) is 0 Å². The van der Waals surface area contributed by atoms with Crippen molar-refractivity contribution >= 4 is 15.9 Å². The molecule has 4 nitrogen and oxygen atoms in total. The summed E-state index contributed by atoms with van der Waals surface area (Å²) in [6, 6.07) is 0. The van der Waals surface area contributed by atoms with Crippen LogP contribution in [-0.4, -0.2) is 22.2 Å². The second-order valence-electron chi connectivity index (χ2n) is 6.35. The van der Waals surface area contributed by atoms with Gasteiger partial charge in [0.05, 0.1) is 17.9 Å². The molecule has 1 aromatic heterocycles. The highest BCUT2D eigenvalue weighted by Gasteiger charge is 2.43. The van der Waals surface area contributed by atoms with Crippen molar-refractivity contribution in [1.29, 1.82) is 0 Å². The quantitative estimate of drug-likeness (QED) is 0.900. The molecule has 20 heavy (non-hydrogen) atoms. The Balaban J connectivity index is 1.71. The molecule has 2 bridgehead atoms. The number of nitrogens with zero attached hydrogens (tertiary/aromatic N) is 1. The first kappa shape index (κ1) is 13.0. The fraction of sp³-hybridized carbons (Fsp3) is 0.733. The lowest BCUT2D eigenvalue weighted by atomic mass is 9.88. The SMILES string of the molecule is O=c1[nH]c(C2CC3CCC2O3)nc(C2CCCC2)c1Br. The van der Waals surface area contributed by atoms with Crippen molar-refractivity contribution in [2.45, 2.75) is 69.0 Å². The number of ether oxygens (including phenoxy) is 1. The van der Waals surface area contributed by atoms with E-state index >= 15 is 0 Å². The molecule has 3 heterocycles. The average Bonchev–Trinajstić information content (AvgIpc) is 3.18. The second kappa shape index (κ2) is 4.95. The third-order valence-corrected chi connectivity index (χ3v) is 5.87. The Bertz CT molecular complexity index is 580. The summed E-state index contributed by atoms with van der Waals surface area (Å²) in [5.41, 5.74) is 0.948. The molecule has 5 heteroatoms. The van der Waals surface area contributed by atoms with Gasteiger partial charge in [0.1, 0.15) is 10.3 Å².